The van der Waals surface area contributed by atoms with E-state index in [1.165, 1.54) is 12.1 Å². The molecule has 0 heterocycles. The molecule has 0 spiro atoms. The Bertz CT molecular complexity index is 656. The van der Waals surface area contributed by atoms with Crippen LogP contribution in [0.25, 0.3) is 0 Å². The van der Waals surface area contributed by atoms with Gasteiger partial charge in [-0.2, -0.15) is 0 Å². The van der Waals surface area contributed by atoms with Gasteiger partial charge in [0.1, 0.15) is 17.9 Å². The van der Waals surface area contributed by atoms with Gasteiger partial charge in [0.2, 0.25) is 0 Å². The molecule has 104 valence electrons. The third kappa shape index (κ3) is 3.18. The molecule has 0 saturated carbocycles. The molecule has 0 saturated heterocycles. The highest BCUT2D eigenvalue weighted by Gasteiger charge is 2.16. The minimum absolute atomic E-state index is 0.0766. The Morgan fingerprint density at radius 2 is 1.70 bits per heavy atom. The molecular formula is C14H9Cl3O3. The van der Waals surface area contributed by atoms with Gasteiger partial charge in [-0.15, -0.1) is 0 Å². The van der Waals surface area contributed by atoms with Crippen LogP contribution in [0.2, 0.25) is 15.1 Å². The molecule has 0 aliphatic rings. The fourth-order valence-electron chi connectivity index (χ4n) is 1.65. The lowest BCUT2D eigenvalue weighted by atomic mass is 10.2. The first-order valence-electron chi connectivity index (χ1n) is 5.58. The Hall–Kier alpha value is -1.42. The van der Waals surface area contributed by atoms with Gasteiger partial charge in [-0.25, -0.2) is 4.79 Å². The zero-order chi connectivity index (χ0) is 14.7. The number of aromatic carboxylic acids is 1. The number of carbonyl (C=O) groups is 1. The van der Waals surface area contributed by atoms with Crippen molar-refractivity contribution in [1.29, 1.82) is 0 Å². The molecule has 2 aromatic rings. The number of halogens is 3. The molecule has 0 atom stereocenters. The summed E-state index contributed by atoms with van der Waals surface area (Å²) in [6, 6.07) is 9.79. The average molecular weight is 332 g/mol. The number of hydrogen-bond acceptors (Lipinski definition) is 2. The predicted molar refractivity (Wildman–Crippen MR) is 79.2 cm³/mol. The van der Waals surface area contributed by atoms with Crippen molar-refractivity contribution in [1.82, 2.24) is 0 Å². The molecule has 0 bridgehead atoms. The second-order valence-electron chi connectivity index (χ2n) is 3.92. The monoisotopic (exact) mass is 330 g/mol. The summed E-state index contributed by atoms with van der Waals surface area (Å²) < 4.78 is 5.49. The topological polar surface area (TPSA) is 46.5 Å². The molecule has 1 N–H and O–H groups in total. The quantitative estimate of drug-likeness (QED) is 0.864. The Kier molecular flexibility index (Phi) is 4.76. The lowest BCUT2D eigenvalue weighted by Crippen LogP contribution is -2.04. The number of hydrogen-bond donors (Lipinski definition) is 1. The van der Waals surface area contributed by atoms with Gasteiger partial charge in [0.15, 0.2) is 0 Å². The lowest BCUT2D eigenvalue weighted by Gasteiger charge is -2.11. The van der Waals surface area contributed by atoms with Gasteiger partial charge in [-0.1, -0.05) is 53.0 Å². The van der Waals surface area contributed by atoms with E-state index < -0.39 is 5.97 Å². The van der Waals surface area contributed by atoms with Crippen LogP contribution in [0, 0.1) is 0 Å². The first kappa shape index (κ1) is 15.0. The van der Waals surface area contributed by atoms with Crippen LogP contribution in [-0.4, -0.2) is 11.1 Å². The predicted octanol–water partition coefficient (Wildman–Crippen LogP) is 4.92. The van der Waals surface area contributed by atoms with Gasteiger partial charge >= 0.3 is 5.97 Å². The smallest absolute Gasteiger partial charge is 0.341 e. The van der Waals surface area contributed by atoms with Gasteiger partial charge in [0.25, 0.3) is 0 Å². The summed E-state index contributed by atoms with van der Waals surface area (Å²) in [5.74, 6) is -0.969. The van der Waals surface area contributed by atoms with Gasteiger partial charge in [-0.3, -0.25) is 0 Å². The molecular weight excluding hydrogens is 323 g/mol. The summed E-state index contributed by atoms with van der Waals surface area (Å²) in [6.45, 7) is 0.0972. The normalized spacial score (nSPS) is 10.3. The summed E-state index contributed by atoms with van der Waals surface area (Å²) in [4.78, 5) is 11.2. The van der Waals surface area contributed by atoms with Crippen LogP contribution in [0.15, 0.2) is 36.4 Å². The Balaban J connectivity index is 2.26. The molecule has 0 unspecified atom stereocenters. The maximum Gasteiger partial charge on any atom is 0.341 e. The van der Waals surface area contributed by atoms with E-state index in [1.54, 1.807) is 24.3 Å². The van der Waals surface area contributed by atoms with Crippen LogP contribution in [0.3, 0.4) is 0 Å². The minimum Gasteiger partial charge on any atom is -0.488 e. The first-order valence-corrected chi connectivity index (χ1v) is 6.71. The molecule has 2 rings (SSSR count). The second-order valence-corrected chi connectivity index (χ2v) is 5.11. The summed E-state index contributed by atoms with van der Waals surface area (Å²) in [5.41, 5.74) is 0.586. The van der Waals surface area contributed by atoms with E-state index in [1.807, 2.05) is 0 Å². The van der Waals surface area contributed by atoms with Crippen LogP contribution < -0.4 is 4.74 Å². The summed E-state index contributed by atoms with van der Waals surface area (Å²) >= 11 is 17.8. The van der Waals surface area contributed by atoms with Gasteiger partial charge in [-0.05, 0) is 18.2 Å². The van der Waals surface area contributed by atoms with E-state index in [4.69, 9.17) is 44.6 Å². The van der Waals surface area contributed by atoms with E-state index in [0.29, 0.717) is 15.6 Å². The average Bonchev–Trinajstić information content (AvgIpc) is 2.40. The van der Waals surface area contributed by atoms with Gasteiger partial charge in [0, 0.05) is 5.56 Å². The standard InChI is InChI=1S/C14H9Cl3O3/c15-9-4-2-6-11(12(9)14(18)19)20-7-8-3-1-5-10(16)13(8)17/h1-6H,7H2,(H,18,19). The van der Waals surface area contributed by atoms with E-state index in [9.17, 15) is 4.79 Å². The molecule has 0 fully saturated rings. The highest BCUT2D eigenvalue weighted by atomic mass is 35.5. The number of ether oxygens (including phenoxy) is 1. The maximum absolute atomic E-state index is 11.2. The van der Waals surface area contributed by atoms with E-state index >= 15 is 0 Å². The van der Waals surface area contributed by atoms with Crippen molar-refractivity contribution in [2.24, 2.45) is 0 Å². The Morgan fingerprint density at radius 1 is 1.05 bits per heavy atom. The van der Waals surface area contributed by atoms with Crippen molar-refractivity contribution < 1.29 is 14.6 Å². The molecule has 3 nitrogen and oxygen atoms in total. The van der Waals surface area contributed by atoms with Gasteiger partial charge in [0.05, 0.1) is 15.1 Å². The summed E-state index contributed by atoms with van der Waals surface area (Å²) in [7, 11) is 0. The molecule has 0 radical (unpaired) electrons. The fraction of sp³-hybridized carbons (Fsp3) is 0.0714. The van der Waals surface area contributed by atoms with E-state index in [2.05, 4.69) is 0 Å². The Morgan fingerprint density at radius 3 is 2.40 bits per heavy atom. The fourth-order valence-corrected chi connectivity index (χ4v) is 2.27. The van der Waals surface area contributed by atoms with Crippen molar-refractivity contribution in [3.8, 4) is 5.75 Å². The van der Waals surface area contributed by atoms with Crippen LogP contribution in [0.4, 0.5) is 0 Å². The van der Waals surface area contributed by atoms with Crippen LogP contribution in [0.1, 0.15) is 15.9 Å². The van der Waals surface area contributed by atoms with Crippen molar-refractivity contribution in [3.63, 3.8) is 0 Å². The van der Waals surface area contributed by atoms with E-state index in [-0.39, 0.29) is 22.9 Å². The zero-order valence-electron chi connectivity index (χ0n) is 10.1. The molecule has 0 amide bonds. The third-order valence-electron chi connectivity index (χ3n) is 2.60. The SMILES string of the molecule is O=C(O)c1c(Cl)cccc1OCc1cccc(Cl)c1Cl. The largest absolute Gasteiger partial charge is 0.488 e. The molecule has 2 aromatic carbocycles. The van der Waals surface area contributed by atoms with Gasteiger partial charge < -0.3 is 9.84 Å². The van der Waals surface area contributed by atoms with Crippen molar-refractivity contribution in [2.45, 2.75) is 6.61 Å². The molecule has 0 aliphatic heterocycles. The zero-order valence-corrected chi connectivity index (χ0v) is 12.3. The van der Waals surface area contributed by atoms with Crippen LogP contribution in [0.5, 0.6) is 5.75 Å². The maximum atomic E-state index is 11.2. The summed E-state index contributed by atoms with van der Waals surface area (Å²) in [6.07, 6.45) is 0. The summed E-state index contributed by atoms with van der Waals surface area (Å²) in [5, 5.41) is 10.0. The van der Waals surface area contributed by atoms with Crippen molar-refractivity contribution in [3.05, 3.63) is 62.6 Å². The van der Waals surface area contributed by atoms with Crippen molar-refractivity contribution >= 4 is 40.8 Å². The first-order chi connectivity index (χ1) is 9.50. The number of benzene rings is 2. The molecule has 6 heteroatoms. The van der Waals surface area contributed by atoms with E-state index in [0.717, 1.165) is 0 Å². The highest BCUT2D eigenvalue weighted by molar-refractivity contribution is 6.42. The Labute approximate surface area is 130 Å². The molecule has 0 aromatic heterocycles. The molecule has 20 heavy (non-hydrogen) atoms. The second kappa shape index (κ2) is 6.35. The lowest BCUT2D eigenvalue weighted by molar-refractivity contribution is 0.0692. The van der Waals surface area contributed by atoms with Crippen molar-refractivity contribution in [2.75, 3.05) is 0 Å². The van der Waals surface area contributed by atoms with Crippen LogP contribution >= 0.6 is 34.8 Å². The molecule has 0 aliphatic carbocycles. The number of carboxylic acids is 1. The highest BCUT2D eigenvalue weighted by Crippen LogP contribution is 2.29. The van der Waals surface area contributed by atoms with Crippen LogP contribution in [-0.2, 0) is 6.61 Å². The number of rotatable bonds is 4. The third-order valence-corrected chi connectivity index (χ3v) is 3.78. The minimum atomic E-state index is -1.15. The number of carboxylic acid groups (broad SMARTS) is 1.